The number of fused-ring (bicyclic) bond motifs is 1. The van der Waals surface area contributed by atoms with Gasteiger partial charge in [-0.15, -0.1) is 0 Å². The number of nitrogen functional groups attached to an aromatic ring is 1. The van der Waals surface area contributed by atoms with Crippen LogP contribution in [0, 0.1) is 11.3 Å². The van der Waals surface area contributed by atoms with Crippen molar-refractivity contribution in [3.05, 3.63) is 16.7 Å². The summed E-state index contributed by atoms with van der Waals surface area (Å²) >= 11 is 0. The van der Waals surface area contributed by atoms with Crippen LogP contribution in [-0.4, -0.2) is 54.5 Å². The van der Waals surface area contributed by atoms with Gasteiger partial charge in [-0.1, -0.05) is 41.5 Å². The Kier molecular flexibility index (Phi) is 6.93. The number of hydrogen-bond acceptors (Lipinski definition) is 8. The maximum absolute atomic E-state index is 12.3. The molecule has 0 unspecified atom stereocenters. The van der Waals surface area contributed by atoms with Crippen LogP contribution in [0.1, 0.15) is 54.2 Å². The van der Waals surface area contributed by atoms with E-state index in [4.69, 9.17) is 19.3 Å². The Balaban J connectivity index is 2.04. The molecule has 3 atom stereocenters. The number of nitrogens with two attached hydrogens (primary N) is 1. The Hall–Kier alpha value is -2.05. The molecule has 0 aliphatic carbocycles. The van der Waals surface area contributed by atoms with E-state index in [2.05, 4.69) is 88.8 Å². The molecule has 1 saturated heterocycles. The summed E-state index contributed by atoms with van der Waals surface area (Å²) in [5.41, 5.74) is 4.52. The van der Waals surface area contributed by atoms with Gasteiger partial charge < -0.3 is 19.3 Å². The maximum Gasteiger partial charge on any atom is 0.280 e. The first-order valence-electron chi connectivity index (χ1n) is 12.0. The van der Waals surface area contributed by atoms with Crippen molar-refractivity contribution < 1.29 is 13.6 Å². The number of anilines is 1. The Morgan fingerprint density at radius 1 is 1.23 bits per heavy atom. The fourth-order valence-corrected chi connectivity index (χ4v) is 5.86. The minimum Gasteiger partial charge on any atom is -0.413 e. The quantitative estimate of drug-likeness (QED) is 0.537. The molecule has 1 fully saturated rings. The van der Waals surface area contributed by atoms with Crippen molar-refractivity contribution in [1.29, 1.82) is 5.26 Å². The summed E-state index contributed by atoms with van der Waals surface area (Å²) in [6, 6.07) is 2.41. The lowest BCUT2D eigenvalue weighted by Gasteiger charge is -2.42. The second-order valence-corrected chi connectivity index (χ2v) is 22.1. The molecule has 0 aromatic carbocycles. The van der Waals surface area contributed by atoms with Crippen molar-refractivity contribution >= 4 is 33.7 Å². The van der Waals surface area contributed by atoms with Crippen molar-refractivity contribution in [2.24, 2.45) is 0 Å². The van der Waals surface area contributed by atoms with Gasteiger partial charge in [-0.05, 0) is 36.3 Å². The third-order valence-corrected chi connectivity index (χ3v) is 16.9. The van der Waals surface area contributed by atoms with Gasteiger partial charge in [-0.25, -0.2) is 4.98 Å². The molecule has 0 radical (unpaired) electrons. The van der Waals surface area contributed by atoms with Crippen LogP contribution in [-0.2, 0) is 13.6 Å². The summed E-state index contributed by atoms with van der Waals surface area (Å²) in [6.45, 7) is 21.7. The highest BCUT2D eigenvalue weighted by atomic mass is 28.4. The molecule has 10 nitrogen and oxygen atoms in total. The zero-order valence-electron chi connectivity index (χ0n) is 22.6. The van der Waals surface area contributed by atoms with E-state index in [1.54, 1.807) is 4.57 Å². The van der Waals surface area contributed by atoms with Gasteiger partial charge in [0.1, 0.15) is 12.3 Å². The number of nitriles is 1. The summed E-state index contributed by atoms with van der Waals surface area (Å²) in [7, 11) is -4.44. The number of imidazole rings is 1. The zero-order valence-corrected chi connectivity index (χ0v) is 24.6. The zero-order chi connectivity index (χ0) is 26.6. The van der Waals surface area contributed by atoms with E-state index in [-0.39, 0.29) is 28.1 Å². The summed E-state index contributed by atoms with van der Waals surface area (Å²) in [4.78, 5) is 23.3. The number of H-pyrrole nitrogens is 1. The molecule has 3 heterocycles. The summed E-state index contributed by atoms with van der Waals surface area (Å²) in [5, 5.41) is 10.4. The highest BCUT2D eigenvalue weighted by Crippen LogP contribution is 2.46. The Bertz CT molecular complexity index is 1190. The second kappa shape index (κ2) is 8.81. The van der Waals surface area contributed by atoms with Crippen LogP contribution in [0.25, 0.3) is 11.2 Å². The SMILES string of the molecule is CC(C)(C)[Si](C)(C)OC[C@@]1(C#N)O[C@@H](n2cnc3c(=O)[nH]c(N)nc32)C[C@@H]1O[Si](C)(C)C(C)(C)C. The van der Waals surface area contributed by atoms with Gasteiger partial charge in [0.05, 0.1) is 19.0 Å². The summed E-state index contributed by atoms with van der Waals surface area (Å²) in [5.74, 6) is -0.0101. The first-order chi connectivity index (χ1) is 15.8. The van der Waals surface area contributed by atoms with Crippen LogP contribution in [0.15, 0.2) is 11.1 Å². The van der Waals surface area contributed by atoms with E-state index in [1.165, 1.54) is 6.33 Å². The highest BCUT2D eigenvalue weighted by molar-refractivity contribution is 6.74. The lowest BCUT2D eigenvalue weighted by Crippen LogP contribution is -2.54. The molecule has 0 spiro atoms. The van der Waals surface area contributed by atoms with Gasteiger partial charge in [0.15, 0.2) is 27.8 Å². The fourth-order valence-electron chi connectivity index (χ4n) is 3.50. The number of ether oxygens (including phenoxy) is 1. The Morgan fingerprint density at radius 2 is 1.83 bits per heavy atom. The van der Waals surface area contributed by atoms with Crippen LogP contribution in [0.2, 0.25) is 36.3 Å². The average Bonchev–Trinajstić information content (AvgIpc) is 3.26. The molecule has 0 saturated carbocycles. The normalized spacial score (nSPS) is 24.1. The van der Waals surface area contributed by atoms with Gasteiger partial charge in [-0.2, -0.15) is 10.2 Å². The van der Waals surface area contributed by atoms with E-state index in [0.29, 0.717) is 12.1 Å². The molecular weight excluding hydrogens is 480 g/mol. The average molecular weight is 521 g/mol. The minimum atomic E-state index is -2.26. The molecule has 194 valence electrons. The van der Waals surface area contributed by atoms with Crippen molar-refractivity contribution in [3.63, 3.8) is 0 Å². The predicted molar refractivity (Wildman–Crippen MR) is 141 cm³/mol. The molecule has 2 aromatic heterocycles. The molecule has 2 aromatic rings. The van der Waals surface area contributed by atoms with Gasteiger partial charge in [-0.3, -0.25) is 14.3 Å². The van der Waals surface area contributed by atoms with Crippen molar-refractivity contribution in [1.82, 2.24) is 19.5 Å². The predicted octanol–water partition coefficient (Wildman–Crippen LogP) is 4.30. The van der Waals surface area contributed by atoms with Crippen molar-refractivity contribution in [2.75, 3.05) is 12.3 Å². The molecule has 35 heavy (non-hydrogen) atoms. The number of hydrogen-bond donors (Lipinski definition) is 2. The van der Waals surface area contributed by atoms with Crippen molar-refractivity contribution in [3.8, 4) is 6.07 Å². The third kappa shape index (κ3) is 5.10. The number of nitrogens with zero attached hydrogens (tertiary/aromatic N) is 4. The third-order valence-electron chi connectivity index (χ3n) is 7.93. The monoisotopic (exact) mass is 520 g/mol. The first kappa shape index (κ1) is 27.5. The number of aromatic amines is 1. The van der Waals surface area contributed by atoms with E-state index < -0.39 is 40.1 Å². The van der Waals surface area contributed by atoms with Crippen LogP contribution >= 0.6 is 0 Å². The number of aromatic nitrogens is 4. The van der Waals surface area contributed by atoms with Gasteiger partial charge in [0.2, 0.25) is 11.5 Å². The summed E-state index contributed by atoms with van der Waals surface area (Å²) in [6.07, 6.45) is 0.745. The van der Waals surface area contributed by atoms with Crippen LogP contribution in [0.3, 0.4) is 0 Å². The first-order valence-corrected chi connectivity index (χ1v) is 17.8. The van der Waals surface area contributed by atoms with E-state index in [9.17, 15) is 10.1 Å². The van der Waals surface area contributed by atoms with Crippen LogP contribution in [0.5, 0.6) is 0 Å². The smallest absolute Gasteiger partial charge is 0.280 e. The number of nitrogens with one attached hydrogen (secondary N) is 1. The topological polar surface area (TPSA) is 141 Å². The van der Waals surface area contributed by atoms with E-state index in [0.717, 1.165) is 0 Å². The molecule has 12 heteroatoms. The standard InChI is InChI=1S/C23H40N6O4Si2/c1-21(2,3)34(7,8)31-13-23(12-24)15(33-35(9,10)22(4,5)6)11-16(32-23)29-14-26-17-18(29)27-20(25)28-19(17)30/h14-16H,11,13H2,1-10H3,(H3,25,27,28,30)/t15-,16+,23+/m0/s1. The molecule has 3 N–H and O–H groups in total. The lowest BCUT2D eigenvalue weighted by molar-refractivity contribution is -0.0851. The van der Waals surface area contributed by atoms with Gasteiger partial charge in [0, 0.05) is 6.42 Å². The largest absolute Gasteiger partial charge is 0.413 e. The minimum absolute atomic E-state index is 0.0101. The van der Waals surface area contributed by atoms with Gasteiger partial charge in [0.25, 0.3) is 5.56 Å². The van der Waals surface area contributed by atoms with Crippen LogP contribution in [0.4, 0.5) is 5.95 Å². The molecule has 1 aliphatic heterocycles. The van der Waals surface area contributed by atoms with Gasteiger partial charge >= 0.3 is 0 Å². The molecular formula is C23H40N6O4Si2. The number of rotatable bonds is 6. The Labute approximate surface area is 209 Å². The maximum atomic E-state index is 12.3. The van der Waals surface area contributed by atoms with E-state index in [1.807, 2.05) is 0 Å². The molecule has 0 amide bonds. The van der Waals surface area contributed by atoms with Crippen LogP contribution < -0.4 is 11.3 Å². The summed E-state index contributed by atoms with van der Waals surface area (Å²) < 4.78 is 21.4. The Morgan fingerprint density at radius 3 is 2.37 bits per heavy atom. The highest BCUT2D eigenvalue weighted by Gasteiger charge is 2.55. The molecule has 3 rings (SSSR count). The van der Waals surface area contributed by atoms with Crippen molar-refractivity contribution in [2.45, 2.75) is 102 Å². The molecule has 0 bridgehead atoms. The second-order valence-electron chi connectivity index (χ2n) is 12.5. The fraction of sp³-hybridized carbons (Fsp3) is 0.739. The van der Waals surface area contributed by atoms with E-state index >= 15 is 0 Å². The molecule has 1 aliphatic rings. The lowest BCUT2D eigenvalue weighted by atomic mass is 10.00.